The van der Waals surface area contributed by atoms with Crippen LogP contribution < -0.4 is 4.74 Å². The minimum Gasteiger partial charge on any atom is -0.470 e. The zero-order valence-electron chi connectivity index (χ0n) is 32.7. The smallest absolute Gasteiger partial charge is 0.411 e. The van der Waals surface area contributed by atoms with Crippen LogP contribution in [0.2, 0.25) is 0 Å². The molecule has 1 amide bonds. The molecular weight excluding hydrogens is 693 g/mol. The lowest BCUT2D eigenvalue weighted by atomic mass is 9.87. The maximum atomic E-state index is 13.3. The predicted molar refractivity (Wildman–Crippen MR) is 210 cm³/mol. The Balaban J connectivity index is 0.975. The maximum Gasteiger partial charge on any atom is 0.411 e. The summed E-state index contributed by atoms with van der Waals surface area (Å²) in [6.45, 7) is 13.5. The standard InChI is InChI=1S/C44H50N6O5/c1-24-49-35-17-14-25(33-22-45-39(47-33)30-10-8-9-11-31(30)41(51)54-43(2,3)4)18-28(35)20-36(49)32-16-13-26(21-37(32)53-24)34-23-46-40(48-34)38-27-12-15-29(19-27)50(38)42(52)55-44(5,6)7/h11,13-14,16-18,20-24,27,29-30,38H,8-10,12,15,19H2,1-7H3,(H,45,47)(H,46,48). The lowest BCUT2D eigenvalue weighted by Gasteiger charge is -2.35. The summed E-state index contributed by atoms with van der Waals surface area (Å²) in [6, 6.07) is 15.0. The highest BCUT2D eigenvalue weighted by molar-refractivity contribution is 5.93. The van der Waals surface area contributed by atoms with Crippen LogP contribution in [-0.2, 0) is 14.3 Å². The van der Waals surface area contributed by atoms with Gasteiger partial charge < -0.3 is 28.7 Å². The van der Waals surface area contributed by atoms with Crippen LogP contribution in [0.25, 0.3) is 44.7 Å². The molecule has 4 aliphatic rings. The number of carbonyl (C=O) groups is 2. The first-order valence-electron chi connectivity index (χ1n) is 19.7. The Hall–Kier alpha value is -5.32. The fraction of sp³-hybridized carbons (Fsp3) is 0.455. The van der Waals surface area contributed by atoms with Gasteiger partial charge >= 0.3 is 12.1 Å². The number of rotatable bonds is 5. The van der Waals surface area contributed by atoms with Crippen molar-refractivity contribution in [2.24, 2.45) is 5.92 Å². The Bertz CT molecular complexity index is 2350. The van der Waals surface area contributed by atoms with Crippen molar-refractivity contribution in [3.8, 4) is 39.5 Å². The van der Waals surface area contributed by atoms with Crippen molar-refractivity contribution in [2.45, 2.75) is 122 Å². The van der Waals surface area contributed by atoms with Crippen LogP contribution in [0.1, 0.15) is 117 Å². The van der Waals surface area contributed by atoms with Gasteiger partial charge in [0.15, 0.2) is 6.23 Å². The molecule has 286 valence electrons. The third-order valence-electron chi connectivity index (χ3n) is 11.4. The number of H-pyrrole nitrogens is 2. The summed E-state index contributed by atoms with van der Waals surface area (Å²) >= 11 is 0. The van der Waals surface area contributed by atoms with Gasteiger partial charge in [0.05, 0.1) is 41.0 Å². The number of likely N-dealkylation sites (tertiary alicyclic amines) is 1. The number of piperidine rings is 1. The van der Waals surface area contributed by atoms with E-state index in [-0.39, 0.29) is 36.3 Å². The van der Waals surface area contributed by atoms with Crippen LogP contribution in [-0.4, -0.2) is 58.7 Å². The van der Waals surface area contributed by atoms with E-state index in [1.807, 2.05) is 64.9 Å². The molecule has 5 atom stereocenters. The molecular formula is C44H50N6O5. The van der Waals surface area contributed by atoms with E-state index in [4.69, 9.17) is 24.2 Å². The monoisotopic (exact) mass is 742 g/mol. The summed E-state index contributed by atoms with van der Waals surface area (Å²) in [6.07, 6.45) is 11.0. The molecule has 9 rings (SSSR count). The zero-order chi connectivity index (χ0) is 38.4. The van der Waals surface area contributed by atoms with Gasteiger partial charge in [-0.2, -0.15) is 0 Å². The van der Waals surface area contributed by atoms with Crippen LogP contribution in [0.3, 0.4) is 0 Å². The summed E-state index contributed by atoms with van der Waals surface area (Å²) in [5.74, 6) is 2.38. The van der Waals surface area contributed by atoms with Crippen molar-refractivity contribution in [1.29, 1.82) is 0 Å². The zero-order valence-corrected chi connectivity index (χ0v) is 32.7. The fourth-order valence-electron chi connectivity index (χ4n) is 9.17. The first-order valence-corrected chi connectivity index (χ1v) is 19.7. The number of aromatic amines is 2. The number of hydrogen-bond acceptors (Lipinski definition) is 7. The number of esters is 1. The van der Waals surface area contributed by atoms with Gasteiger partial charge in [0, 0.05) is 39.6 Å². The Morgan fingerprint density at radius 1 is 0.855 bits per heavy atom. The molecule has 5 aromatic rings. The second-order valence-electron chi connectivity index (χ2n) is 17.7. The molecule has 2 N–H and O–H groups in total. The molecule has 2 aliphatic heterocycles. The first-order chi connectivity index (χ1) is 26.2. The largest absolute Gasteiger partial charge is 0.470 e. The van der Waals surface area contributed by atoms with Crippen LogP contribution in [0.15, 0.2) is 66.5 Å². The number of nitrogens with one attached hydrogen (secondary N) is 2. The second kappa shape index (κ2) is 12.9. The molecule has 5 unspecified atom stereocenters. The lowest BCUT2D eigenvalue weighted by molar-refractivity contribution is -0.150. The summed E-state index contributed by atoms with van der Waals surface area (Å²) in [7, 11) is 0. The van der Waals surface area contributed by atoms with E-state index in [0.717, 1.165) is 101 Å². The molecule has 0 spiro atoms. The third-order valence-corrected chi connectivity index (χ3v) is 11.4. The summed E-state index contributed by atoms with van der Waals surface area (Å²) in [5, 5.41) is 1.10. The molecule has 55 heavy (non-hydrogen) atoms. The number of hydrogen-bond donors (Lipinski definition) is 2. The minimum absolute atomic E-state index is 0.121. The SMILES string of the molecule is CC1Oc2cc(-c3cnc(C4C5CCC(C5)N4C(=O)OC(C)(C)C)[nH]3)ccc2-c2cc3cc(-c4cnc(C5CCCC=C5C(=O)OC(C)(C)C)[nH]4)ccc3n21. The lowest BCUT2D eigenvalue weighted by Crippen LogP contribution is -2.43. The van der Waals surface area contributed by atoms with E-state index in [1.54, 1.807) is 0 Å². The molecule has 3 aromatic heterocycles. The number of nitrogens with zero attached hydrogens (tertiary/aromatic N) is 4. The highest BCUT2D eigenvalue weighted by Crippen LogP contribution is 2.51. The summed E-state index contributed by atoms with van der Waals surface area (Å²) in [4.78, 5) is 45.0. The number of imidazole rings is 2. The Morgan fingerprint density at radius 2 is 1.56 bits per heavy atom. The van der Waals surface area contributed by atoms with Gasteiger partial charge in [0.25, 0.3) is 0 Å². The summed E-state index contributed by atoms with van der Waals surface area (Å²) < 4.78 is 20.4. The maximum absolute atomic E-state index is 13.3. The van der Waals surface area contributed by atoms with E-state index in [1.165, 1.54) is 0 Å². The number of benzene rings is 2. The molecule has 2 bridgehead atoms. The van der Waals surface area contributed by atoms with Crippen molar-refractivity contribution in [1.82, 2.24) is 29.4 Å². The normalized spacial score (nSPS) is 23.3. The van der Waals surface area contributed by atoms with E-state index in [9.17, 15) is 9.59 Å². The Kier molecular flexibility index (Phi) is 8.29. The molecule has 0 radical (unpaired) electrons. The number of carbonyl (C=O) groups excluding carboxylic acids is 2. The van der Waals surface area contributed by atoms with Gasteiger partial charge in [-0.05, 0) is 123 Å². The number of allylic oxidation sites excluding steroid dienone is 1. The molecule has 1 saturated heterocycles. The average molecular weight is 743 g/mol. The quantitative estimate of drug-likeness (QED) is 0.172. The van der Waals surface area contributed by atoms with Crippen LogP contribution in [0, 0.1) is 5.92 Å². The van der Waals surface area contributed by atoms with Crippen molar-refractivity contribution < 1.29 is 23.8 Å². The van der Waals surface area contributed by atoms with Gasteiger partial charge in [-0.25, -0.2) is 19.6 Å². The molecule has 2 fully saturated rings. The number of fused-ring (bicyclic) bond motifs is 7. The van der Waals surface area contributed by atoms with Crippen LogP contribution in [0.4, 0.5) is 4.79 Å². The van der Waals surface area contributed by atoms with E-state index in [2.05, 4.69) is 63.9 Å². The highest BCUT2D eigenvalue weighted by atomic mass is 16.6. The Labute approximate surface area is 321 Å². The van der Waals surface area contributed by atoms with Gasteiger partial charge in [-0.1, -0.05) is 18.2 Å². The molecule has 11 heteroatoms. The van der Waals surface area contributed by atoms with Crippen LogP contribution >= 0.6 is 0 Å². The second-order valence-corrected chi connectivity index (χ2v) is 17.7. The molecule has 1 saturated carbocycles. The highest BCUT2D eigenvalue weighted by Gasteiger charge is 2.51. The number of ether oxygens (including phenoxy) is 3. The van der Waals surface area contributed by atoms with Crippen molar-refractivity contribution >= 4 is 23.0 Å². The van der Waals surface area contributed by atoms with E-state index < -0.39 is 11.2 Å². The third kappa shape index (κ3) is 6.41. The average Bonchev–Trinajstić information content (AvgIpc) is 3.97. The van der Waals surface area contributed by atoms with Crippen molar-refractivity contribution in [2.75, 3.05) is 0 Å². The first kappa shape index (κ1) is 35.4. The Morgan fingerprint density at radius 3 is 2.33 bits per heavy atom. The topological polar surface area (TPSA) is 127 Å². The predicted octanol–water partition coefficient (Wildman–Crippen LogP) is 10.00. The van der Waals surface area contributed by atoms with Crippen LogP contribution in [0.5, 0.6) is 5.75 Å². The molecule has 2 aliphatic carbocycles. The van der Waals surface area contributed by atoms with Crippen molar-refractivity contribution in [3.05, 3.63) is 78.2 Å². The summed E-state index contributed by atoms with van der Waals surface area (Å²) in [5.41, 5.74) is 6.55. The molecule has 2 aromatic carbocycles. The van der Waals surface area contributed by atoms with E-state index >= 15 is 0 Å². The van der Waals surface area contributed by atoms with Gasteiger partial charge in [-0.15, -0.1) is 0 Å². The van der Waals surface area contributed by atoms with Gasteiger partial charge in [0.2, 0.25) is 0 Å². The van der Waals surface area contributed by atoms with E-state index in [0.29, 0.717) is 11.5 Å². The molecule has 11 nitrogen and oxygen atoms in total. The number of aromatic nitrogens is 5. The van der Waals surface area contributed by atoms with Gasteiger partial charge in [-0.3, -0.25) is 4.90 Å². The fourth-order valence-corrected chi connectivity index (χ4v) is 9.17. The van der Waals surface area contributed by atoms with Gasteiger partial charge in [0.1, 0.15) is 28.6 Å². The minimum atomic E-state index is -0.557. The van der Waals surface area contributed by atoms with Crippen molar-refractivity contribution in [3.63, 3.8) is 0 Å². The molecule has 5 heterocycles. The number of amides is 1.